The molecule has 1 aliphatic rings. The zero-order chi connectivity index (χ0) is 58.7. The number of nitrogens with zero attached hydrogens (tertiary/aromatic N) is 2. The van der Waals surface area contributed by atoms with Crippen LogP contribution in [-0.4, -0.2) is 4.70 Å². The van der Waals surface area contributed by atoms with Crippen molar-refractivity contribution in [2.24, 2.45) is 0 Å². The molecular weight excluding hydrogens is 1040 g/mol. The maximum atomic E-state index is 11.6. The molecule has 2 aromatic rings. The first kappa shape index (κ1) is 80.0. The summed E-state index contributed by atoms with van der Waals surface area (Å²) < 4.78 is 1.50. The molecular formula is C79H140N2Ni. The van der Waals surface area contributed by atoms with Gasteiger partial charge in [0.25, 0.3) is 0 Å². The van der Waals surface area contributed by atoms with Crippen LogP contribution in [0.2, 0.25) is 0 Å². The minimum atomic E-state index is 0. The predicted octanol–water partition coefficient (Wildman–Crippen LogP) is 28.4. The molecule has 1 aliphatic heterocycles. The summed E-state index contributed by atoms with van der Waals surface area (Å²) >= 11 is 0. The molecule has 2 nitrogen and oxygen atoms in total. The van der Waals surface area contributed by atoms with Gasteiger partial charge in [0.1, 0.15) is 0 Å². The van der Waals surface area contributed by atoms with Gasteiger partial charge in [0.2, 0.25) is 11.4 Å². The number of allylic oxidation sites excluding steroid dienone is 2. The Morgan fingerprint density at radius 1 is 0.305 bits per heavy atom. The molecule has 0 amide bonds. The molecule has 0 saturated heterocycles. The summed E-state index contributed by atoms with van der Waals surface area (Å²) in [6, 6.07) is 17.7. The molecule has 476 valence electrons. The van der Waals surface area contributed by atoms with Crippen LogP contribution in [0, 0.1) is 13.8 Å². The molecule has 0 atom stereocenters. The van der Waals surface area contributed by atoms with Crippen molar-refractivity contribution in [1.82, 2.24) is 0 Å². The largest absolute Gasteiger partial charge is 2.00 e. The van der Waals surface area contributed by atoms with E-state index in [9.17, 15) is 5.53 Å². The number of unbranched alkanes of at least 4 members (excludes halogenated alkanes) is 47. The number of hydrogen-bond acceptors (Lipinski definition) is 0. The van der Waals surface area contributed by atoms with E-state index in [4.69, 9.17) is 0 Å². The SMILES string of the molecule is CCCCCCC1=C(c2cccc(CCCC)c2)[N+](=[N-])C(c2cccc(CCCCCC)c2)=C1C.[CH2-]CCCCCCCCCCCCCCCCCCCCCC.[CH2-]CCCCCCCCCCCCCCCCCCCCCC.[Ni+2]. The molecule has 0 N–H and O–H groups in total. The van der Waals surface area contributed by atoms with Gasteiger partial charge >= 0.3 is 16.5 Å². The Labute approximate surface area is 525 Å². The molecule has 0 aromatic heterocycles. The summed E-state index contributed by atoms with van der Waals surface area (Å²) in [5.41, 5.74) is 21.1. The third kappa shape index (κ3) is 44.5. The Hall–Kier alpha value is -1.99. The second kappa shape index (κ2) is 62.1. The fourth-order valence-electron chi connectivity index (χ4n) is 12.1. The molecule has 0 saturated carbocycles. The van der Waals surface area contributed by atoms with Gasteiger partial charge in [0.15, 0.2) is 0 Å². The normalized spacial score (nSPS) is 12.2. The fourth-order valence-corrected chi connectivity index (χ4v) is 12.1. The first-order chi connectivity index (χ1) is 39.9. The molecule has 0 radical (unpaired) electrons. The van der Waals surface area contributed by atoms with E-state index >= 15 is 0 Å². The molecule has 82 heavy (non-hydrogen) atoms. The van der Waals surface area contributed by atoms with Crippen molar-refractivity contribution in [2.45, 2.75) is 395 Å². The van der Waals surface area contributed by atoms with Gasteiger partial charge in [-0.05, 0) is 80.8 Å². The van der Waals surface area contributed by atoms with Crippen molar-refractivity contribution < 1.29 is 21.2 Å². The summed E-state index contributed by atoms with van der Waals surface area (Å²) in [4.78, 5) is 0. The number of rotatable bonds is 55. The van der Waals surface area contributed by atoms with E-state index in [1.165, 1.54) is 342 Å². The molecule has 0 spiro atoms. The Morgan fingerprint density at radius 2 is 0.549 bits per heavy atom. The van der Waals surface area contributed by atoms with Gasteiger partial charge in [0.05, 0.1) is 0 Å². The van der Waals surface area contributed by atoms with Crippen LogP contribution in [0.15, 0.2) is 59.7 Å². The smallest absolute Gasteiger partial charge is 0.493 e. The van der Waals surface area contributed by atoms with Crippen LogP contribution in [-0.2, 0) is 29.3 Å². The van der Waals surface area contributed by atoms with E-state index in [2.05, 4.69) is 104 Å². The first-order valence-corrected chi connectivity index (χ1v) is 36.6. The van der Waals surface area contributed by atoms with Crippen LogP contribution in [0.3, 0.4) is 0 Å². The van der Waals surface area contributed by atoms with E-state index in [0.29, 0.717) is 0 Å². The first-order valence-electron chi connectivity index (χ1n) is 36.6. The van der Waals surface area contributed by atoms with Crippen molar-refractivity contribution in [2.75, 3.05) is 0 Å². The van der Waals surface area contributed by atoms with Crippen LogP contribution in [0.4, 0.5) is 0 Å². The van der Waals surface area contributed by atoms with Crippen LogP contribution < -0.4 is 0 Å². The van der Waals surface area contributed by atoms with Crippen LogP contribution in [0.1, 0.15) is 404 Å². The van der Waals surface area contributed by atoms with Gasteiger partial charge in [0, 0.05) is 22.3 Å². The standard InChI is InChI=1S/C33H46N2.2C23H47.Ni/c1-5-8-11-13-18-28-20-15-21-29(24-28)32-26(4)31(23-14-12-9-6-2)33(35(32)34)30-22-16-19-27(25-30)17-10-7-3;2*1-3-5-7-9-11-13-15-17-19-21-23-22-20-18-16-14-12-10-8-6-4-2;/h15-16,19-22,24-25H,5-14,17-18,23H2,1-4H3;2*1,3-23H2,2H3;/q;2*-1;+2. The van der Waals surface area contributed by atoms with Crippen LogP contribution in [0.5, 0.6) is 0 Å². The summed E-state index contributed by atoms with van der Waals surface area (Å²) in [5.74, 6) is 0. The average molecular weight is 1180 g/mol. The maximum absolute atomic E-state index is 11.6. The molecule has 3 rings (SSSR count). The molecule has 3 heteroatoms. The Bertz CT molecular complexity index is 1650. The molecule has 0 aliphatic carbocycles. The van der Waals surface area contributed by atoms with Gasteiger partial charge in [-0.15, -0.1) is 0 Å². The van der Waals surface area contributed by atoms with Crippen molar-refractivity contribution in [1.29, 1.82) is 0 Å². The minimum absolute atomic E-state index is 0. The van der Waals surface area contributed by atoms with Gasteiger partial charge in [-0.25, -0.2) is 4.70 Å². The van der Waals surface area contributed by atoms with Gasteiger partial charge < -0.3 is 19.4 Å². The minimum Gasteiger partial charge on any atom is -0.493 e. The topological polar surface area (TPSA) is 25.3 Å². The quantitative estimate of drug-likeness (QED) is 0.0273. The fraction of sp³-hybridized carbons (Fsp3) is 0.772. The van der Waals surface area contributed by atoms with Crippen LogP contribution >= 0.6 is 0 Å². The zero-order valence-electron chi connectivity index (χ0n) is 56.1. The third-order valence-corrected chi connectivity index (χ3v) is 17.5. The number of aryl methyl sites for hydroxylation is 2. The molecule has 1 heterocycles. The van der Waals surface area contributed by atoms with Gasteiger partial charge in [-0.2, -0.15) is 12.8 Å². The van der Waals surface area contributed by atoms with Gasteiger partial charge in [-0.1, -0.05) is 361 Å². The van der Waals surface area contributed by atoms with E-state index in [-0.39, 0.29) is 16.5 Å². The van der Waals surface area contributed by atoms with E-state index in [1.54, 1.807) is 0 Å². The zero-order valence-corrected chi connectivity index (χ0v) is 57.1. The van der Waals surface area contributed by atoms with E-state index in [1.807, 2.05) is 0 Å². The monoisotopic (exact) mass is 1180 g/mol. The van der Waals surface area contributed by atoms with Crippen molar-refractivity contribution >= 4 is 11.4 Å². The van der Waals surface area contributed by atoms with Crippen molar-refractivity contribution in [3.05, 3.63) is 101 Å². The Balaban J connectivity index is 0.00000124. The molecule has 2 aromatic carbocycles. The predicted molar refractivity (Wildman–Crippen MR) is 367 cm³/mol. The molecule has 0 unspecified atom stereocenters. The van der Waals surface area contributed by atoms with Crippen molar-refractivity contribution in [3.8, 4) is 0 Å². The van der Waals surface area contributed by atoms with Gasteiger partial charge in [-0.3, -0.25) is 0 Å². The summed E-state index contributed by atoms with van der Waals surface area (Å²) in [5, 5.41) is 0. The second-order valence-electron chi connectivity index (χ2n) is 25.4. The van der Waals surface area contributed by atoms with E-state index in [0.717, 1.165) is 61.0 Å². The number of hydrogen-bond donors (Lipinski definition) is 0. The summed E-state index contributed by atoms with van der Waals surface area (Å²) in [6.45, 7) is 21.4. The third-order valence-electron chi connectivity index (χ3n) is 17.5. The Kier molecular flexibility index (Phi) is 60.6. The molecule has 0 fully saturated rings. The number of benzene rings is 2. The summed E-state index contributed by atoms with van der Waals surface area (Å²) in [7, 11) is 0. The van der Waals surface area contributed by atoms with Crippen LogP contribution in [0.25, 0.3) is 16.9 Å². The molecule has 0 bridgehead atoms. The Morgan fingerprint density at radius 3 is 0.841 bits per heavy atom. The van der Waals surface area contributed by atoms with Crippen molar-refractivity contribution in [3.63, 3.8) is 0 Å². The van der Waals surface area contributed by atoms with E-state index < -0.39 is 0 Å². The summed E-state index contributed by atoms with van der Waals surface area (Å²) in [6.07, 6.45) is 76.2. The maximum Gasteiger partial charge on any atom is 2.00 e. The second-order valence-corrected chi connectivity index (χ2v) is 25.4. The average Bonchev–Trinajstić information content (AvgIpc) is 4.02.